The van der Waals surface area contributed by atoms with Crippen molar-refractivity contribution < 1.29 is 18.7 Å². The molecule has 2 aromatic rings. The second-order valence-electron chi connectivity index (χ2n) is 5.08. The predicted octanol–water partition coefficient (Wildman–Crippen LogP) is 3.84. The normalized spacial score (nSPS) is 12.6. The molecule has 1 aliphatic rings. The average molecular weight is 381 g/mol. The summed E-state index contributed by atoms with van der Waals surface area (Å²) in [5.41, 5.74) is 3.15. The Morgan fingerprint density at radius 3 is 2.92 bits per heavy atom. The third-order valence-electron chi connectivity index (χ3n) is 3.26. The van der Waals surface area contributed by atoms with Crippen molar-refractivity contribution in [3.05, 3.63) is 52.8 Å². The number of rotatable bonds is 6. The van der Waals surface area contributed by atoms with Crippen LogP contribution in [0.5, 0.6) is 11.5 Å². The predicted molar refractivity (Wildman–Crippen MR) is 95.1 cm³/mol. The van der Waals surface area contributed by atoms with Crippen molar-refractivity contribution in [1.82, 2.24) is 5.43 Å². The smallest absolute Gasteiger partial charge is 0.240 e. The average Bonchev–Trinajstić information content (AvgIpc) is 3.06. The van der Waals surface area contributed by atoms with Crippen molar-refractivity contribution in [1.29, 1.82) is 0 Å². The molecule has 3 rings (SSSR count). The van der Waals surface area contributed by atoms with Gasteiger partial charge in [-0.3, -0.25) is 4.79 Å². The van der Waals surface area contributed by atoms with Gasteiger partial charge in [0.25, 0.3) is 0 Å². The Morgan fingerprint density at radius 1 is 1.32 bits per heavy atom. The topological polar surface area (TPSA) is 59.9 Å². The van der Waals surface area contributed by atoms with Crippen LogP contribution in [-0.4, -0.2) is 24.7 Å². The minimum atomic E-state index is -0.278. The molecule has 0 atom stereocenters. The summed E-state index contributed by atoms with van der Waals surface area (Å²) in [6, 6.07) is 9.55. The molecule has 25 heavy (non-hydrogen) atoms. The van der Waals surface area contributed by atoms with E-state index in [1.54, 1.807) is 24.3 Å². The first-order chi connectivity index (χ1) is 12.1. The Balaban J connectivity index is 1.45. The summed E-state index contributed by atoms with van der Waals surface area (Å²) in [6.07, 6.45) is 1.78. The fourth-order valence-corrected chi connectivity index (χ4v) is 3.21. The van der Waals surface area contributed by atoms with Crippen molar-refractivity contribution in [2.24, 2.45) is 5.10 Å². The first-order valence-corrected chi connectivity index (χ1v) is 8.77. The van der Waals surface area contributed by atoms with Crippen LogP contribution >= 0.6 is 23.4 Å². The number of nitrogens with one attached hydrogen (secondary N) is 1. The van der Waals surface area contributed by atoms with Crippen molar-refractivity contribution in [3.63, 3.8) is 0 Å². The molecule has 0 radical (unpaired) electrons. The number of carbonyl (C=O) groups is 1. The first-order valence-electron chi connectivity index (χ1n) is 7.41. The van der Waals surface area contributed by atoms with Gasteiger partial charge in [0.1, 0.15) is 5.82 Å². The van der Waals surface area contributed by atoms with Gasteiger partial charge in [-0.1, -0.05) is 11.6 Å². The lowest BCUT2D eigenvalue weighted by Gasteiger charge is -2.02. The Kier molecular flexibility index (Phi) is 5.78. The molecule has 1 amide bonds. The lowest BCUT2D eigenvalue weighted by molar-refractivity contribution is -0.120. The molecular formula is C17H14ClFN2O3S. The second kappa shape index (κ2) is 8.22. The number of benzene rings is 2. The highest BCUT2D eigenvalue weighted by Gasteiger charge is 2.17. The Labute approximate surface area is 153 Å². The molecule has 0 saturated carbocycles. The van der Waals surface area contributed by atoms with Gasteiger partial charge in [0.05, 0.1) is 11.2 Å². The van der Waals surface area contributed by atoms with Gasteiger partial charge < -0.3 is 9.47 Å². The summed E-state index contributed by atoms with van der Waals surface area (Å²) >= 11 is 7.55. The van der Waals surface area contributed by atoms with E-state index in [-0.39, 0.29) is 18.5 Å². The third kappa shape index (κ3) is 4.87. The molecule has 0 spiro atoms. The van der Waals surface area contributed by atoms with Gasteiger partial charge >= 0.3 is 0 Å². The van der Waals surface area contributed by atoms with Gasteiger partial charge in [0.2, 0.25) is 12.7 Å². The van der Waals surface area contributed by atoms with Crippen LogP contribution in [0.1, 0.15) is 12.0 Å². The van der Waals surface area contributed by atoms with Gasteiger partial charge in [0, 0.05) is 17.1 Å². The van der Waals surface area contributed by atoms with Crippen molar-refractivity contribution in [2.75, 3.05) is 12.5 Å². The Hall–Kier alpha value is -2.25. The number of hydrogen-bond acceptors (Lipinski definition) is 5. The minimum absolute atomic E-state index is 0.137. The molecule has 1 heterocycles. The summed E-state index contributed by atoms with van der Waals surface area (Å²) in [6.45, 7) is 0.137. The van der Waals surface area contributed by atoms with Crippen LogP contribution in [0.25, 0.3) is 0 Å². The van der Waals surface area contributed by atoms with E-state index in [1.807, 2.05) is 0 Å². The molecule has 130 valence electrons. The Bertz CT molecular complexity index is 799. The zero-order valence-corrected chi connectivity index (χ0v) is 14.6. The highest BCUT2D eigenvalue weighted by molar-refractivity contribution is 7.99. The zero-order chi connectivity index (χ0) is 17.6. The van der Waals surface area contributed by atoms with Crippen molar-refractivity contribution in [3.8, 4) is 11.5 Å². The van der Waals surface area contributed by atoms with Crippen LogP contribution in [0.4, 0.5) is 4.39 Å². The highest BCUT2D eigenvalue weighted by atomic mass is 35.5. The monoisotopic (exact) mass is 380 g/mol. The maximum atomic E-state index is 12.8. The van der Waals surface area contributed by atoms with Gasteiger partial charge in [-0.15, -0.1) is 11.8 Å². The molecule has 0 unspecified atom stereocenters. The molecule has 0 saturated heterocycles. The van der Waals surface area contributed by atoms with Gasteiger partial charge in [-0.25, -0.2) is 9.82 Å². The molecule has 1 aliphatic heterocycles. The summed E-state index contributed by atoms with van der Waals surface area (Å²) in [7, 11) is 0. The van der Waals surface area contributed by atoms with Crippen LogP contribution in [-0.2, 0) is 4.79 Å². The molecule has 2 aromatic carbocycles. The summed E-state index contributed by atoms with van der Waals surface area (Å²) in [4.78, 5) is 12.7. The van der Waals surface area contributed by atoms with E-state index in [2.05, 4.69) is 10.5 Å². The van der Waals surface area contributed by atoms with E-state index >= 15 is 0 Å². The largest absolute Gasteiger partial charge is 0.454 e. The molecular weight excluding hydrogens is 367 g/mol. The van der Waals surface area contributed by atoms with Crippen LogP contribution in [0.15, 0.2) is 46.4 Å². The van der Waals surface area contributed by atoms with E-state index in [9.17, 15) is 9.18 Å². The summed E-state index contributed by atoms with van der Waals surface area (Å²) < 4.78 is 23.3. The number of hydrogen-bond donors (Lipinski definition) is 1. The lowest BCUT2D eigenvalue weighted by Crippen LogP contribution is -2.17. The SMILES string of the molecule is O=C(CCSc1ccc(F)cc1)N/N=C\c1cc(Cl)c2c(c1)OCO2. The number of carbonyl (C=O) groups excluding carboxylic acids is 1. The van der Waals surface area contributed by atoms with Crippen LogP contribution in [0.2, 0.25) is 5.02 Å². The standard InChI is InChI=1S/C17H14ClFN2O3S/c18-14-7-11(8-15-17(14)24-10-23-15)9-20-21-16(22)5-6-25-13-3-1-12(19)2-4-13/h1-4,7-9H,5-6,10H2,(H,21,22)/b20-9-. The first kappa shape index (κ1) is 17.6. The molecule has 8 heteroatoms. The van der Waals surface area contributed by atoms with Gasteiger partial charge in [-0.05, 0) is 42.0 Å². The minimum Gasteiger partial charge on any atom is -0.454 e. The number of hydrazone groups is 1. The fourth-order valence-electron chi connectivity index (χ4n) is 2.09. The van der Waals surface area contributed by atoms with E-state index < -0.39 is 0 Å². The van der Waals surface area contributed by atoms with Crippen LogP contribution in [0, 0.1) is 5.82 Å². The number of nitrogens with zero attached hydrogens (tertiary/aromatic N) is 1. The fraction of sp³-hybridized carbons (Fsp3) is 0.176. The van der Waals surface area contributed by atoms with Gasteiger partial charge in [-0.2, -0.15) is 5.10 Å². The van der Waals surface area contributed by atoms with E-state index in [4.69, 9.17) is 21.1 Å². The van der Waals surface area contributed by atoms with E-state index in [0.717, 1.165) is 4.90 Å². The quantitative estimate of drug-likeness (QED) is 0.470. The highest BCUT2D eigenvalue weighted by Crippen LogP contribution is 2.39. The number of halogens is 2. The Morgan fingerprint density at radius 2 is 2.12 bits per heavy atom. The number of amides is 1. The van der Waals surface area contributed by atoms with Gasteiger partial charge in [0.15, 0.2) is 11.5 Å². The van der Waals surface area contributed by atoms with Crippen molar-refractivity contribution in [2.45, 2.75) is 11.3 Å². The van der Waals surface area contributed by atoms with E-state index in [0.29, 0.717) is 34.3 Å². The van der Waals surface area contributed by atoms with Crippen molar-refractivity contribution >= 4 is 35.5 Å². The lowest BCUT2D eigenvalue weighted by atomic mass is 10.2. The second-order valence-corrected chi connectivity index (χ2v) is 6.66. The maximum absolute atomic E-state index is 12.8. The van der Waals surface area contributed by atoms with Crippen LogP contribution < -0.4 is 14.9 Å². The number of ether oxygens (including phenoxy) is 2. The molecule has 0 aliphatic carbocycles. The number of thioether (sulfide) groups is 1. The van der Waals surface area contributed by atoms with E-state index in [1.165, 1.54) is 30.1 Å². The maximum Gasteiger partial charge on any atom is 0.240 e. The summed E-state index contributed by atoms with van der Waals surface area (Å²) in [5, 5.41) is 4.34. The molecule has 5 nitrogen and oxygen atoms in total. The molecule has 0 bridgehead atoms. The molecule has 0 fully saturated rings. The third-order valence-corrected chi connectivity index (χ3v) is 4.56. The zero-order valence-electron chi connectivity index (χ0n) is 13.0. The molecule has 1 N–H and O–H groups in total. The molecule has 0 aromatic heterocycles. The van der Waals surface area contributed by atoms with Crippen LogP contribution in [0.3, 0.4) is 0 Å². The number of fused-ring (bicyclic) bond motifs is 1. The summed E-state index contributed by atoms with van der Waals surface area (Å²) in [5.74, 6) is 1.15.